The van der Waals surface area contributed by atoms with Gasteiger partial charge >= 0.3 is 0 Å². The smallest absolute Gasteiger partial charge is 0.160 e. The molecular weight excluding hydrogens is 272 g/mol. The summed E-state index contributed by atoms with van der Waals surface area (Å²) in [5.41, 5.74) is 0.239. The van der Waals surface area contributed by atoms with E-state index in [0.717, 1.165) is 25.2 Å². The zero-order valence-corrected chi connectivity index (χ0v) is 16.3. The molecule has 0 heterocycles. The number of ether oxygens (including phenoxy) is 1. The highest BCUT2D eigenvalue weighted by atomic mass is 16.6. The van der Waals surface area contributed by atoms with Crippen LogP contribution in [0.1, 0.15) is 87.5 Å². The van der Waals surface area contributed by atoms with Crippen molar-refractivity contribution in [3.8, 4) is 0 Å². The van der Waals surface area contributed by atoms with Crippen molar-refractivity contribution in [2.24, 2.45) is 28.6 Å². The molecule has 2 unspecified atom stereocenters. The minimum absolute atomic E-state index is 0.158. The minimum Gasteiger partial charge on any atom is -0.367 e. The van der Waals surface area contributed by atoms with Crippen molar-refractivity contribution in [1.29, 1.82) is 0 Å². The van der Waals surface area contributed by atoms with Crippen LogP contribution in [-0.4, -0.2) is 17.5 Å². The highest BCUT2D eigenvalue weighted by molar-refractivity contribution is 4.85. The molecule has 0 aliphatic heterocycles. The largest absolute Gasteiger partial charge is 0.367 e. The molecule has 2 atom stereocenters. The number of hydrogen-bond acceptors (Lipinski definition) is 2. The van der Waals surface area contributed by atoms with Gasteiger partial charge in [-0.05, 0) is 55.3 Å². The first-order valence-electron chi connectivity index (χ1n) is 9.30. The molecule has 0 aromatic carbocycles. The van der Waals surface area contributed by atoms with Gasteiger partial charge in [-0.1, -0.05) is 55.4 Å². The van der Waals surface area contributed by atoms with Gasteiger partial charge in [-0.3, -0.25) is 0 Å². The van der Waals surface area contributed by atoms with E-state index >= 15 is 0 Å². The van der Waals surface area contributed by atoms with Crippen LogP contribution < -0.4 is 0 Å². The summed E-state index contributed by atoms with van der Waals surface area (Å²) >= 11 is 0. The van der Waals surface area contributed by atoms with Crippen molar-refractivity contribution in [1.82, 2.24) is 0 Å². The fourth-order valence-electron chi connectivity index (χ4n) is 3.90. The molecule has 0 aromatic heterocycles. The summed E-state index contributed by atoms with van der Waals surface area (Å²) in [4.78, 5) is 0. The second-order valence-electron chi connectivity index (χ2n) is 9.59. The van der Waals surface area contributed by atoms with Crippen LogP contribution in [0.25, 0.3) is 0 Å². The lowest BCUT2D eigenvalue weighted by atomic mass is 9.71. The lowest BCUT2D eigenvalue weighted by Crippen LogP contribution is -2.43. The van der Waals surface area contributed by atoms with E-state index in [9.17, 15) is 5.11 Å². The average molecular weight is 313 g/mol. The van der Waals surface area contributed by atoms with Gasteiger partial charge in [0.05, 0.1) is 6.10 Å². The molecule has 1 saturated carbocycles. The standard InChI is InChI=1S/C20H40O2/c1-14(2)13-20(8,15(3)4)18(21)22-17-11-9-16(10-12-17)19(5,6)7/h14-18,21H,9-13H2,1-8H3. The maximum atomic E-state index is 10.7. The Hall–Kier alpha value is -0.0800. The molecule has 2 heteroatoms. The summed E-state index contributed by atoms with van der Waals surface area (Å²) in [6, 6.07) is 0. The van der Waals surface area contributed by atoms with Gasteiger partial charge in [0.2, 0.25) is 0 Å². The highest BCUT2D eigenvalue weighted by Crippen LogP contribution is 2.42. The van der Waals surface area contributed by atoms with Crippen LogP contribution in [0.15, 0.2) is 0 Å². The predicted octanol–water partition coefficient (Wildman–Crippen LogP) is 5.63. The van der Waals surface area contributed by atoms with Gasteiger partial charge in [-0.2, -0.15) is 0 Å². The van der Waals surface area contributed by atoms with E-state index in [4.69, 9.17) is 4.74 Å². The molecule has 0 radical (unpaired) electrons. The molecule has 0 amide bonds. The van der Waals surface area contributed by atoms with Crippen LogP contribution in [-0.2, 0) is 4.74 Å². The molecule has 1 rings (SSSR count). The average Bonchev–Trinajstić information content (AvgIpc) is 2.37. The monoisotopic (exact) mass is 312 g/mol. The van der Waals surface area contributed by atoms with Gasteiger partial charge in [0.1, 0.15) is 0 Å². The van der Waals surface area contributed by atoms with Crippen molar-refractivity contribution in [3.05, 3.63) is 0 Å². The normalized spacial score (nSPS) is 28.0. The van der Waals surface area contributed by atoms with Gasteiger partial charge in [0, 0.05) is 5.41 Å². The molecule has 1 aliphatic carbocycles. The minimum atomic E-state index is -0.647. The molecular formula is C20H40O2. The van der Waals surface area contributed by atoms with Gasteiger partial charge in [0.25, 0.3) is 0 Å². The lowest BCUT2D eigenvalue weighted by molar-refractivity contribution is -0.220. The van der Waals surface area contributed by atoms with Crippen LogP contribution >= 0.6 is 0 Å². The first kappa shape index (κ1) is 20.0. The molecule has 0 spiro atoms. The van der Waals surface area contributed by atoms with Gasteiger partial charge < -0.3 is 9.84 Å². The second kappa shape index (κ2) is 7.66. The molecule has 1 fully saturated rings. The van der Waals surface area contributed by atoms with E-state index < -0.39 is 6.29 Å². The Morgan fingerprint density at radius 2 is 1.45 bits per heavy atom. The Morgan fingerprint density at radius 3 is 1.82 bits per heavy atom. The van der Waals surface area contributed by atoms with E-state index in [1.165, 1.54) is 12.8 Å². The molecule has 2 nitrogen and oxygen atoms in total. The Kier molecular flexibility index (Phi) is 6.95. The molecule has 1 aliphatic rings. The van der Waals surface area contributed by atoms with Crippen LogP contribution in [0.3, 0.4) is 0 Å². The van der Waals surface area contributed by atoms with Crippen molar-refractivity contribution >= 4 is 0 Å². The Balaban J connectivity index is 2.59. The summed E-state index contributed by atoms with van der Waals surface area (Å²) in [5.74, 6) is 1.77. The third-order valence-electron chi connectivity index (χ3n) is 5.95. The van der Waals surface area contributed by atoms with Crippen molar-refractivity contribution in [2.75, 3.05) is 0 Å². The third kappa shape index (κ3) is 5.23. The summed E-state index contributed by atoms with van der Waals surface area (Å²) in [5, 5.41) is 10.7. The summed E-state index contributed by atoms with van der Waals surface area (Å²) in [6.07, 6.45) is 5.23. The van der Waals surface area contributed by atoms with Crippen molar-refractivity contribution in [3.63, 3.8) is 0 Å². The number of hydrogen-bond donors (Lipinski definition) is 1. The van der Waals surface area contributed by atoms with Crippen LogP contribution in [0, 0.1) is 28.6 Å². The zero-order chi connectivity index (χ0) is 17.1. The van der Waals surface area contributed by atoms with Gasteiger partial charge in [-0.15, -0.1) is 0 Å². The molecule has 0 bridgehead atoms. The van der Waals surface area contributed by atoms with E-state index in [1.807, 2.05) is 0 Å². The summed E-state index contributed by atoms with van der Waals surface area (Å²) in [6.45, 7) is 18.0. The fourth-order valence-corrected chi connectivity index (χ4v) is 3.90. The zero-order valence-electron chi connectivity index (χ0n) is 16.3. The first-order valence-corrected chi connectivity index (χ1v) is 9.30. The lowest BCUT2D eigenvalue weighted by Gasteiger charge is -2.43. The maximum Gasteiger partial charge on any atom is 0.160 e. The number of rotatable bonds is 6. The second-order valence-corrected chi connectivity index (χ2v) is 9.59. The van der Waals surface area contributed by atoms with E-state index in [1.54, 1.807) is 0 Å². The van der Waals surface area contributed by atoms with Crippen LogP contribution in [0.5, 0.6) is 0 Å². The molecule has 22 heavy (non-hydrogen) atoms. The summed E-state index contributed by atoms with van der Waals surface area (Å²) < 4.78 is 6.14. The van der Waals surface area contributed by atoms with E-state index in [-0.39, 0.29) is 11.5 Å². The van der Waals surface area contributed by atoms with E-state index in [0.29, 0.717) is 17.3 Å². The maximum absolute atomic E-state index is 10.7. The fraction of sp³-hybridized carbons (Fsp3) is 1.00. The molecule has 132 valence electrons. The van der Waals surface area contributed by atoms with Crippen LogP contribution in [0.4, 0.5) is 0 Å². The molecule has 0 saturated heterocycles. The SMILES string of the molecule is CC(C)CC(C)(C(C)C)C(O)OC1CCC(C(C)(C)C)CC1. The quantitative estimate of drug-likeness (QED) is 0.644. The topological polar surface area (TPSA) is 29.5 Å². The van der Waals surface area contributed by atoms with Gasteiger partial charge in [0.15, 0.2) is 6.29 Å². The summed E-state index contributed by atoms with van der Waals surface area (Å²) in [7, 11) is 0. The van der Waals surface area contributed by atoms with Crippen molar-refractivity contribution < 1.29 is 9.84 Å². The third-order valence-corrected chi connectivity index (χ3v) is 5.95. The Bertz CT molecular complexity index is 321. The Labute approximate surface area is 139 Å². The number of aliphatic hydroxyl groups is 1. The van der Waals surface area contributed by atoms with E-state index in [2.05, 4.69) is 55.4 Å². The highest BCUT2D eigenvalue weighted by Gasteiger charge is 2.40. The number of aliphatic hydroxyl groups excluding tert-OH is 1. The van der Waals surface area contributed by atoms with Gasteiger partial charge in [-0.25, -0.2) is 0 Å². The predicted molar refractivity (Wildman–Crippen MR) is 94.7 cm³/mol. The molecule has 0 aromatic rings. The first-order chi connectivity index (χ1) is 9.96. The van der Waals surface area contributed by atoms with Crippen molar-refractivity contribution in [2.45, 2.75) is 99.9 Å². The Morgan fingerprint density at radius 1 is 0.955 bits per heavy atom. The molecule has 1 N–H and O–H groups in total. The van der Waals surface area contributed by atoms with Crippen LogP contribution in [0.2, 0.25) is 0 Å².